The lowest BCUT2D eigenvalue weighted by molar-refractivity contribution is 0.142. The van der Waals surface area contributed by atoms with Crippen molar-refractivity contribution < 1.29 is 18.3 Å². The summed E-state index contributed by atoms with van der Waals surface area (Å²) in [6.45, 7) is 1.63. The molecule has 0 unspecified atom stereocenters. The first-order valence-electron chi connectivity index (χ1n) is 8.25. The molecule has 0 saturated carbocycles. The highest BCUT2D eigenvalue weighted by atomic mass is 19.1. The standard InChI is InChI=1S/C19H17F2N3O2/c1-22-11-6-15(20)19(16(21)7-11)26-18-4-5-24-17-8-12(2-3-14(17)18)25-13-9-23-10-13/h2-8,13,22-23H,9-10H2,1H3. The maximum Gasteiger partial charge on any atom is 0.198 e. The average molecular weight is 357 g/mol. The quantitative estimate of drug-likeness (QED) is 0.729. The zero-order chi connectivity index (χ0) is 18.1. The molecule has 5 nitrogen and oxygen atoms in total. The number of pyridine rings is 1. The smallest absolute Gasteiger partial charge is 0.198 e. The van der Waals surface area contributed by atoms with Gasteiger partial charge in [-0.15, -0.1) is 0 Å². The van der Waals surface area contributed by atoms with Gasteiger partial charge >= 0.3 is 0 Å². The van der Waals surface area contributed by atoms with E-state index in [0.29, 0.717) is 28.1 Å². The number of fused-ring (bicyclic) bond motifs is 1. The van der Waals surface area contributed by atoms with Crippen molar-refractivity contribution in [1.82, 2.24) is 10.3 Å². The Morgan fingerprint density at radius 1 is 1.12 bits per heavy atom. The largest absolute Gasteiger partial charge is 0.488 e. The highest BCUT2D eigenvalue weighted by Crippen LogP contribution is 2.34. The predicted octanol–water partition coefficient (Wildman–Crippen LogP) is 3.70. The minimum atomic E-state index is -0.781. The van der Waals surface area contributed by atoms with Gasteiger partial charge in [-0.05, 0) is 18.2 Å². The molecule has 3 aromatic rings. The molecule has 7 heteroatoms. The first-order chi connectivity index (χ1) is 12.6. The summed E-state index contributed by atoms with van der Waals surface area (Å²) in [4.78, 5) is 4.29. The van der Waals surface area contributed by atoms with Crippen LogP contribution in [0.4, 0.5) is 14.5 Å². The number of hydrogen-bond acceptors (Lipinski definition) is 5. The number of nitrogens with zero attached hydrogens (tertiary/aromatic N) is 1. The fourth-order valence-electron chi connectivity index (χ4n) is 2.71. The van der Waals surface area contributed by atoms with E-state index in [2.05, 4.69) is 15.6 Å². The molecule has 1 saturated heterocycles. The van der Waals surface area contributed by atoms with Crippen molar-refractivity contribution in [2.75, 3.05) is 25.5 Å². The Balaban J connectivity index is 1.66. The van der Waals surface area contributed by atoms with Gasteiger partial charge in [-0.25, -0.2) is 8.78 Å². The zero-order valence-corrected chi connectivity index (χ0v) is 14.1. The van der Waals surface area contributed by atoms with Gasteiger partial charge in [0.25, 0.3) is 0 Å². The number of benzene rings is 2. The highest BCUT2D eigenvalue weighted by molar-refractivity contribution is 5.86. The van der Waals surface area contributed by atoms with Gasteiger partial charge in [0, 0.05) is 55.6 Å². The van der Waals surface area contributed by atoms with Crippen molar-refractivity contribution in [3.63, 3.8) is 0 Å². The van der Waals surface area contributed by atoms with Crippen molar-refractivity contribution in [3.05, 3.63) is 54.2 Å². The third kappa shape index (κ3) is 3.13. The van der Waals surface area contributed by atoms with Crippen LogP contribution in [0.25, 0.3) is 10.9 Å². The van der Waals surface area contributed by atoms with Crippen LogP contribution in [-0.4, -0.2) is 31.2 Å². The van der Waals surface area contributed by atoms with Crippen molar-refractivity contribution in [2.45, 2.75) is 6.10 Å². The molecule has 0 bridgehead atoms. The molecule has 0 radical (unpaired) electrons. The third-order valence-corrected chi connectivity index (χ3v) is 4.22. The van der Waals surface area contributed by atoms with Gasteiger partial charge in [-0.2, -0.15) is 0 Å². The molecule has 0 spiro atoms. The molecule has 1 fully saturated rings. The van der Waals surface area contributed by atoms with Crippen LogP contribution < -0.4 is 20.1 Å². The molecule has 2 N–H and O–H groups in total. The van der Waals surface area contributed by atoms with E-state index < -0.39 is 17.4 Å². The lowest BCUT2D eigenvalue weighted by Crippen LogP contribution is -2.50. The Labute approximate surface area is 149 Å². The molecule has 1 aromatic heterocycles. The van der Waals surface area contributed by atoms with Crippen LogP contribution in [0, 0.1) is 11.6 Å². The van der Waals surface area contributed by atoms with Crippen molar-refractivity contribution in [1.29, 1.82) is 0 Å². The van der Waals surface area contributed by atoms with Crippen molar-refractivity contribution >= 4 is 16.6 Å². The maximum atomic E-state index is 14.2. The summed E-state index contributed by atoms with van der Waals surface area (Å²) < 4.78 is 39.7. The lowest BCUT2D eigenvalue weighted by atomic mass is 10.2. The molecule has 4 rings (SSSR count). The highest BCUT2D eigenvalue weighted by Gasteiger charge is 2.19. The van der Waals surface area contributed by atoms with E-state index in [9.17, 15) is 8.78 Å². The molecule has 1 aliphatic heterocycles. The molecule has 1 aliphatic rings. The topological polar surface area (TPSA) is 55.4 Å². The molecule has 134 valence electrons. The number of rotatable bonds is 5. The van der Waals surface area contributed by atoms with Crippen LogP contribution in [0.3, 0.4) is 0 Å². The maximum absolute atomic E-state index is 14.2. The van der Waals surface area contributed by atoms with E-state index in [4.69, 9.17) is 9.47 Å². The summed E-state index contributed by atoms with van der Waals surface area (Å²) in [5.74, 6) is -0.989. The SMILES string of the molecule is CNc1cc(F)c(Oc2ccnc3cc(OC4CNC4)ccc23)c(F)c1. The fraction of sp³-hybridized carbons (Fsp3) is 0.211. The van der Waals surface area contributed by atoms with E-state index in [0.717, 1.165) is 13.1 Å². The van der Waals surface area contributed by atoms with Crippen LogP contribution in [-0.2, 0) is 0 Å². The van der Waals surface area contributed by atoms with Gasteiger partial charge in [0.1, 0.15) is 17.6 Å². The predicted molar refractivity (Wildman–Crippen MR) is 95.0 cm³/mol. The second-order valence-electron chi connectivity index (χ2n) is 6.01. The molecule has 0 atom stereocenters. The molecular weight excluding hydrogens is 340 g/mol. The third-order valence-electron chi connectivity index (χ3n) is 4.22. The van der Waals surface area contributed by atoms with Gasteiger partial charge in [0.15, 0.2) is 17.4 Å². The van der Waals surface area contributed by atoms with Crippen LogP contribution >= 0.6 is 0 Å². The summed E-state index contributed by atoms with van der Waals surface area (Å²) in [6, 6.07) is 9.30. The lowest BCUT2D eigenvalue weighted by Gasteiger charge is -2.27. The Bertz CT molecular complexity index is 938. The van der Waals surface area contributed by atoms with Crippen LogP contribution in [0.5, 0.6) is 17.2 Å². The van der Waals surface area contributed by atoms with E-state index in [1.807, 2.05) is 0 Å². The van der Waals surface area contributed by atoms with Gasteiger partial charge in [-0.1, -0.05) is 0 Å². The molecule has 2 heterocycles. The van der Waals surface area contributed by atoms with Crippen molar-refractivity contribution in [3.8, 4) is 17.2 Å². The van der Waals surface area contributed by atoms with Crippen LogP contribution in [0.1, 0.15) is 0 Å². The van der Waals surface area contributed by atoms with E-state index in [-0.39, 0.29) is 6.10 Å². The summed E-state index contributed by atoms with van der Waals surface area (Å²) in [7, 11) is 1.59. The number of halogens is 2. The Morgan fingerprint density at radius 2 is 1.88 bits per heavy atom. The molecule has 26 heavy (non-hydrogen) atoms. The Kier molecular flexibility index (Phi) is 4.30. The van der Waals surface area contributed by atoms with Gasteiger partial charge in [0.05, 0.1) is 5.52 Å². The summed E-state index contributed by atoms with van der Waals surface area (Å²) in [5, 5.41) is 6.48. The number of nitrogens with one attached hydrogen (secondary N) is 2. The van der Waals surface area contributed by atoms with E-state index in [1.165, 1.54) is 18.3 Å². The average Bonchev–Trinajstić information content (AvgIpc) is 2.61. The number of aromatic nitrogens is 1. The zero-order valence-electron chi connectivity index (χ0n) is 14.1. The van der Waals surface area contributed by atoms with Gasteiger partial charge < -0.3 is 20.1 Å². The molecular formula is C19H17F2N3O2. The molecule has 0 amide bonds. The summed E-state index contributed by atoms with van der Waals surface area (Å²) in [5.41, 5.74) is 0.958. The van der Waals surface area contributed by atoms with Gasteiger partial charge in [0.2, 0.25) is 0 Å². The molecule has 2 aromatic carbocycles. The number of ether oxygens (including phenoxy) is 2. The number of hydrogen-bond donors (Lipinski definition) is 2. The van der Waals surface area contributed by atoms with Gasteiger partial charge in [-0.3, -0.25) is 4.98 Å². The molecule has 0 aliphatic carbocycles. The fourth-order valence-corrected chi connectivity index (χ4v) is 2.71. The minimum Gasteiger partial charge on any atom is -0.488 e. The second-order valence-corrected chi connectivity index (χ2v) is 6.01. The Hall–Kier alpha value is -2.93. The monoisotopic (exact) mass is 357 g/mol. The minimum absolute atomic E-state index is 0.153. The van der Waals surface area contributed by atoms with Crippen LogP contribution in [0.15, 0.2) is 42.6 Å². The van der Waals surface area contributed by atoms with E-state index >= 15 is 0 Å². The first-order valence-corrected chi connectivity index (χ1v) is 8.25. The second kappa shape index (κ2) is 6.76. The van der Waals surface area contributed by atoms with Crippen LogP contribution in [0.2, 0.25) is 0 Å². The first kappa shape index (κ1) is 16.5. The Morgan fingerprint density at radius 3 is 2.54 bits per heavy atom. The summed E-state index contributed by atoms with van der Waals surface area (Å²) in [6.07, 6.45) is 1.69. The summed E-state index contributed by atoms with van der Waals surface area (Å²) >= 11 is 0. The van der Waals surface area contributed by atoms with Crippen molar-refractivity contribution in [2.24, 2.45) is 0 Å². The van der Waals surface area contributed by atoms with E-state index in [1.54, 1.807) is 31.3 Å². The number of anilines is 1. The normalized spacial score (nSPS) is 14.1.